The van der Waals surface area contributed by atoms with Crippen molar-refractivity contribution in [1.82, 2.24) is 29.3 Å². The molecule has 0 spiro atoms. The van der Waals surface area contributed by atoms with Crippen LogP contribution in [0.25, 0.3) is 16.9 Å². The van der Waals surface area contributed by atoms with Crippen LogP contribution in [0.2, 0.25) is 0 Å². The fraction of sp³-hybridized carbons (Fsp3) is 0.292. The summed E-state index contributed by atoms with van der Waals surface area (Å²) in [6.07, 6.45) is 6.00. The molecule has 12 nitrogen and oxygen atoms in total. The third kappa shape index (κ3) is 4.92. The van der Waals surface area contributed by atoms with E-state index in [0.717, 1.165) is 0 Å². The Morgan fingerprint density at radius 2 is 2.18 bits per heavy atom. The van der Waals surface area contributed by atoms with Gasteiger partial charge in [-0.3, -0.25) is 14.3 Å². The zero-order valence-corrected chi connectivity index (χ0v) is 20.5. The van der Waals surface area contributed by atoms with E-state index in [2.05, 4.69) is 25.8 Å². The fourth-order valence-electron chi connectivity index (χ4n) is 3.95. The number of anilines is 2. The molecule has 4 heterocycles. The number of likely N-dealkylation sites (N-methyl/N-ethyl adjacent to an activating group) is 1. The number of hydrogen-bond acceptors (Lipinski definition) is 8. The van der Waals surface area contributed by atoms with Crippen molar-refractivity contribution < 1.29 is 27.8 Å². The number of halogens is 2. The zero-order chi connectivity index (χ0) is 26.8. The number of ether oxygens (including phenoxy) is 2. The van der Waals surface area contributed by atoms with Gasteiger partial charge in [0.05, 0.1) is 23.1 Å². The first kappa shape index (κ1) is 24.9. The van der Waals surface area contributed by atoms with Crippen LogP contribution in [0, 0.1) is 0 Å². The largest absolute Gasteiger partial charge is 0.490 e. The number of hydrogen-bond donors (Lipinski definition) is 2. The summed E-state index contributed by atoms with van der Waals surface area (Å²) < 4.78 is 40.0. The maximum absolute atomic E-state index is 13.4. The molecule has 3 aromatic heterocycles. The number of carbonyl (C=O) groups is 2. The van der Waals surface area contributed by atoms with Crippen LogP contribution in [0.15, 0.2) is 43.0 Å². The van der Waals surface area contributed by atoms with E-state index in [0.29, 0.717) is 36.8 Å². The van der Waals surface area contributed by atoms with Crippen molar-refractivity contribution in [2.75, 3.05) is 37.4 Å². The molecule has 0 bridgehead atoms. The molecule has 4 aromatic rings. The molecule has 5 rings (SSSR count). The first-order valence-electron chi connectivity index (χ1n) is 11.7. The summed E-state index contributed by atoms with van der Waals surface area (Å²) in [4.78, 5) is 31.5. The number of nitrogens with zero attached hydrogens (tertiary/aromatic N) is 6. The lowest BCUT2D eigenvalue weighted by Crippen LogP contribution is -2.30. The molecule has 1 aromatic carbocycles. The minimum absolute atomic E-state index is 0.113. The van der Waals surface area contributed by atoms with Crippen LogP contribution in [0.3, 0.4) is 0 Å². The highest BCUT2D eigenvalue weighted by molar-refractivity contribution is 6.09. The predicted molar refractivity (Wildman–Crippen MR) is 133 cm³/mol. The molecular formula is C24H24F2N8O4. The van der Waals surface area contributed by atoms with E-state index in [1.807, 2.05) is 6.92 Å². The number of nitrogens with one attached hydrogen (secondary N) is 2. The number of amides is 2. The van der Waals surface area contributed by atoms with E-state index in [1.165, 1.54) is 44.8 Å². The first-order valence-corrected chi connectivity index (χ1v) is 11.7. The average Bonchev–Trinajstić information content (AvgIpc) is 3.51. The third-order valence-corrected chi connectivity index (χ3v) is 5.96. The second kappa shape index (κ2) is 10.3. The smallest absolute Gasteiger partial charge is 0.387 e. The maximum Gasteiger partial charge on any atom is 0.387 e. The molecule has 1 aliphatic heterocycles. The standard InChI is InChI=1S/C24H24F2N8O4/c1-3-32(2)20(35)13-33-12-17(30-23(36)15-11-29-34-7-4-5-28-22(15)34)21(31-33)14-9-19-16(27-6-8-37-19)10-18(14)38-24(25)26/h4-5,7,9-12,24,27H,3,6,8,13H2,1-2H3,(H,30,36). The molecule has 0 unspecified atom stereocenters. The van der Waals surface area contributed by atoms with Crippen LogP contribution in [-0.4, -0.2) is 74.4 Å². The Hall–Kier alpha value is -4.75. The molecule has 0 saturated carbocycles. The first-order chi connectivity index (χ1) is 18.3. The van der Waals surface area contributed by atoms with E-state index in [9.17, 15) is 18.4 Å². The Morgan fingerprint density at radius 3 is 2.97 bits per heavy atom. The predicted octanol–water partition coefficient (Wildman–Crippen LogP) is 2.73. The molecule has 0 radical (unpaired) electrons. The fourth-order valence-corrected chi connectivity index (χ4v) is 3.95. The third-order valence-electron chi connectivity index (χ3n) is 5.96. The van der Waals surface area contributed by atoms with Crippen molar-refractivity contribution in [3.05, 3.63) is 48.5 Å². The Kier molecular flexibility index (Phi) is 6.77. The lowest BCUT2D eigenvalue weighted by Gasteiger charge is -2.21. The summed E-state index contributed by atoms with van der Waals surface area (Å²) in [6, 6.07) is 4.58. The highest BCUT2D eigenvalue weighted by Crippen LogP contribution is 2.42. The zero-order valence-electron chi connectivity index (χ0n) is 20.5. The van der Waals surface area contributed by atoms with Gasteiger partial charge in [-0.2, -0.15) is 19.0 Å². The molecule has 0 atom stereocenters. The number of benzene rings is 1. The quantitative estimate of drug-likeness (QED) is 0.359. The highest BCUT2D eigenvalue weighted by atomic mass is 19.3. The number of fused-ring (bicyclic) bond motifs is 2. The van der Waals surface area contributed by atoms with Gasteiger partial charge >= 0.3 is 6.61 Å². The van der Waals surface area contributed by atoms with Crippen LogP contribution in [0.4, 0.5) is 20.2 Å². The molecule has 14 heteroatoms. The average molecular weight is 527 g/mol. The Bertz CT molecular complexity index is 1500. The molecular weight excluding hydrogens is 502 g/mol. The van der Waals surface area contributed by atoms with Gasteiger partial charge in [0.1, 0.15) is 35.9 Å². The van der Waals surface area contributed by atoms with Crippen molar-refractivity contribution >= 4 is 28.8 Å². The normalized spacial score (nSPS) is 12.6. The topological polar surface area (TPSA) is 128 Å². The molecule has 2 amide bonds. The Morgan fingerprint density at radius 1 is 1.34 bits per heavy atom. The molecule has 0 saturated heterocycles. The molecule has 0 fully saturated rings. The van der Waals surface area contributed by atoms with E-state index < -0.39 is 12.5 Å². The van der Waals surface area contributed by atoms with E-state index >= 15 is 0 Å². The molecule has 198 valence electrons. The Balaban J connectivity index is 1.58. The summed E-state index contributed by atoms with van der Waals surface area (Å²) in [7, 11) is 1.65. The number of alkyl halides is 2. The number of carbonyl (C=O) groups excluding carboxylic acids is 2. The summed E-state index contributed by atoms with van der Waals surface area (Å²) in [5.74, 6) is -0.544. The molecule has 38 heavy (non-hydrogen) atoms. The minimum atomic E-state index is -3.11. The lowest BCUT2D eigenvalue weighted by atomic mass is 10.1. The number of rotatable bonds is 8. The SMILES string of the molecule is CCN(C)C(=O)Cn1cc(NC(=O)c2cnn3cccnc23)c(-c2cc3c(cc2OC(F)F)NCCO3)n1. The van der Waals surface area contributed by atoms with Crippen LogP contribution < -0.4 is 20.1 Å². The monoisotopic (exact) mass is 526 g/mol. The summed E-state index contributed by atoms with van der Waals surface area (Å²) in [6.45, 7) is -0.0615. The number of aromatic nitrogens is 5. The minimum Gasteiger partial charge on any atom is -0.490 e. The summed E-state index contributed by atoms with van der Waals surface area (Å²) >= 11 is 0. The van der Waals surface area contributed by atoms with Gasteiger partial charge < -0.3 is 25.0 Å². The van der Waals surface area contributed by atoms with Gasteiger partial charge in [-0.05, 0) is 19.1 Å². The van der Waals surface area contributed by atoms with Crippen molar-refractivity contribution in [2.45, 2.75) is 20.1 Å². The molecule has 0 aliphatic carbocycles. The maximum atomic E-state index is 13.4. The van der Waals surface area contributed by atoms with Crippen LogP contribution >= 0.6 is 0 Å². The van der Waals surface area contributed by atoms with Gasteiger partial charge in [-0.25, -0.2) is 9.50 Å². The van der Waals surface area contributed by atoms with Crippen molar-refractivity contribution in [3.8, 4) is 22.8 Å². The van der Waals surface area contributed by atoms with Crippen molar-refractivity contribution in [2.24, 2.45) is 0 Å². The summed E-state index contributed by atoms with van der Waals surface area (Å²) in [5, 5.41) is 14.4. The van der Waals surface area contributed by atoms with Crippen LogP contribution in [0.5, 0.6) is 11.5 Å². The summed E-state index contributed by atoms with van der Waals surface area (Å²) in [5.41, 5.74) is 1.43. The van der Waals surface area contributed by atoms with Gasteiger partial charge in [-0.1, -0.05) is 0 Å². The Labute approximate surface area is 215 Å². The van der Waals surface area contributed by atoms with E-state index in [4.69, 9.17) is 9.47 Å². The second-order valence-corrected chi connectivity index (χ2v) is 8.40. The van der Waals surface area contributed by atoms with Crippen molar-refractivity contribution in [1.29, 1.82) is 0 Å². The van der Waals surface area contributed by atoms with Crippen molar-refractivity contribution in [3.63, 3.8) is 0 Å². The highest BCUT2D eigenvalue weighted by Gasteiger charge is 2.25. The van der Waals surface area contributed by atoms with E-state index in [-0.39, 0.29) is 40.7 Å². The second-order valence-electron chi connectivity index (χ2n) is 8.40. The lowest BCUT2D eigenvalue weighted by molar-refractivity contribution is -0.130. The van der Waals surface area contributed by atoms with E-state index in [1.54, 1.807) is 19.3 Å². The van der Waals surface area contributed by atoms with Gasteiger partial charge in [0.15, 0.2) is 5.65 Å². The van der Waals surface area contributed by atoms with Gasteiger partial charge in [0.2, 0.25) is 5.91 Å². The van der Waals surface area contributed by atoms with Gasteiger partial charge in [0, 0.05) is 44.8 Å². The molecule has 1 aliphatic rings. The van der Waals surface area contributed by atoms with Crippen LogP contribution in [0.1, 0.15) is 17.3 Å². The van der Waals surface area contributed by atoms with Gasteiger partial charge in [0.25, 0.3) is 5.91 Å². The molecule has 2 N–H and O–H groups in total. The van der Waals surface area contributed by atoms with Gasteiger partial charge in [-0.15, -0.1) is 0 Å². The van der Waals surface area contributed by atoms with Crippen LogP contribution in [-0.2, 0) is 11.3 Å².